The van der Waals surface area contributed by atoms with Gasteiger partial charge in [-0.15, -0.1) is 0 Å². The normalized spacial score (nSPS) is 33.5. The summed E-state index contributed by atoms with van der Waals surface area (Å²) in [4.78, 5) is 2.70. The van der Waals surface area contributed by atoms with Crippen LogP contribution in [0, 0.1) is 5.92 Å². The minimum Gasteiger partial charge on any atom is -0.381 e. The molecule has 0 radical (unpaired) electrons. The molecular formula is C14H28N2O. The maximum atomic E-state index is 6.08. The van der Waals surface area contributed by atoms with E-state index in [0.29, 0.717) is 12.0 Å². The molecule has 0 aromatic rings. The molecule has 0 aromatic heterocycles. The minimum atomic E-state index is 0.459. The van der Waals surface area contributed by atoms with Crippen molar-refractivity contribution in [3.8, 4) is 0 Å². The van der Waals surface area contributed by atoms with E-state index in [9.17, 15) is 0 Å². The van der Waals surface area contributed by atoms with Crippen molar-refractivity contribution >= 4 is 0 Å². The quantitative estimate of drug-likeness (QED) is 0.722. The number of piperidine rings is 1. The Morgan fingerprint density at radius 3 is 2.47 bits per heavy atom. The summed E-state index contributed by atoms with van der Waals surface area (Å²) in [6.45, 7) is 7.43. The highest BCUT2D eigenvalue weighted by molar-refractivity contribution is 4.96. The molecule has 0 saturated carbocycles. The predicted molar refractivity (Wildman–Crippen MR) is 71.0 cm³/mol. The molecule has 0 aliphatic carbocycles. The Kier molecular flexibility index (Phi) is 4.83. The van der Waals surface area contributed by atoms with Crippen LogP contribution in [0.1, 0.15) is 46.0 Å². The molecule has 3 heteroatoms. The first-order valence-corrected chi connectivity index (χ1v) is 7.26. The number of hydrogen-bond acceptors (Lipinski definition) is 3. The second kappa shape index (κ2) is 6.17. The van der Waals surface area contributed by atoms with Crippen molar-refractivity contribution in [3.63, 3.8) is 0 Å². The number of hydrogen-bond donors (Lipinski definition) is 1. The smallest absolute Gasteiger partial charge is 0.0489 e. The summed E-state index contributed by atoms with van der Waals surface area (Å²) in [5, 5.41) is 0. The van der Waals surface area contributed by atoms with Crippen LogP contribution in [0.3, 0.4) is 0 Å². The lowest BCUT2D eigenvalue weighted by molar-refractivity contribution is 0.0793. The Bertz CT molecular complexity index is 218. The van der Waals surface area contributed by atoms with Crippen LogP contribution < -0.4 is 5.73 Å². The first kappa shape index (κ1) is 13.3. The van der Waals surface area contributed by atoms with Gasteiger partial charge in [-0.1, -0.05) is 13.8 Å². The molecule has 2 heterocycles. The summed E-state index contributed by atoms with van der Waals surface area (Å²) >= 11 is 0. The predicted octanol–water partition coefficient (Wildman–Crippen LogP) is 2.00. The molecule has 0 amide bonds. The van der Waals surface area contributed by atoms with Gasteiger partial charge in [0, 0.05) is 37.9 Å². The second-order valence-electron chi connectivity index (χ2n) is 6.18. The Labute approximate surface area is 106 Å². The van der Waals surface area contributed by atoms with Gasteiger partial charge in [0.1, 0.15) is 0 Å². The zero-order valence-corrected chi connectivity index (χ0v) is 11.4. The number of rotatable bonds is 6. The number of nitrogens with zero attached hydrogens (tertiary/aromatic N) is 1. The zero-order chi connectivity index (χ0) is 12.3. The van der Waals surface area contributed by atoms with Crippen molar-refractivity contribution in [2.24, 2.45) is 11.7 Å². The van der Waals surface area contributed by atoms with Crippen LogP contribution in [0.2, 0.25) is 0 Å². The molecule has 2 N–H and O–H groups in total. The van der Waals surface area contributed by atoms with Gasteiger partial charge in [-0.3, -0.25) is 4.90 Å². The fourth-order valence-electron chi connectivity index (χ4n) is 3.35. The van der Waals surface area contributed by atoms with Crippen LogP contribution in [0.4, 0.5) is 0 Å². The van der Waals surface area contributed by atoms with Crippen LogP contribution in [-0.4, -0.2) is 42.8 Å². The first-order chi connectivity index (χ1) is 8.16. The van der Waals surface area contributed by atoms with E-state index in [1.165, 1.54) is 38.6 Å². The lowest BCUT2D eigenvalue weighted by Gasteiger charge is -2.37. The van der Waals surface area contributed by atoms with Crippen LogP contribution in [0.5, 0.6) is 0 Å². The summed E-state index contributed by atoms with van der Waals surface area (Å²) in [7, 11) is 0. The molecule has 0 spiro atoms. The molecular weight excluding hydrogens is 212 g/mol. The number of fused-ring (bicyclic) bond motifs is 2. The zero-order valence-electron chi connectivity index (χ0n) is 11.4. The summed E-state index contributed by atoms with van der Waals surface area (Å²) in [5.74, 6) is 0.652. The molecule has 3 nitrogen and oxygen atoms in total. The molecule has 2 atom stereocenters. The highest BCUT2D eigenvalue weighted by Crippen LogP contribution is 2.34. The van der Waals surface area contributed by atoms with E-state index in [1.807, 2.05) is 0 Å². The lowest BCUT2D eigenvalue weighted by Crippen LogP contribution is -2.47. The van der Waals surface area contributed by atoms with Crippen molar-refractivity contribution in [2.75, 3.05) is 19.8 Å². The Morgan fingerprint density at radius 2 is 1.88 bits per heavy atom. The molecule has 2 saturated heterocycles. The summed E-state index contributed by atoms with van der Waals surface area (Å²) in [6, 6.07) is 2.00. The Balaban J connectivity index is 1.63. The highest BCUT2D eigenvalue weighted by atomic mass is 16.5. The fraction of sp³-hybridized carbons (Fsp3) is 1.00. The van der Waals surface area contributed by atoms with Crippen molar-refractivity contribution in [2.45, 2.75) is 64.1 Å². The van der Waals surface area contributed by atoms with Crippen molar-refractivity contribution in [1.29, 1.82) is 0 Å². The molecule has 2 aliphatic rings. The van der Waals surface area contributed by atoms with Gasteiger partial charge in [-0.05, 0) is 38.0 Å². The summed E-state index contributed by atoms with van der Waals surface area (Å²) in [6.07, 6.45) is 6.33. The molecule has 2 bridgehead atoms. The van der Waals surface area contributed by atoms with Gasteiger partial charge < -0.3 is 10.5 Å². The van der Waals surface area contributed by atoms with E-state index in [2.05, 4.69) is 18.7 Å². The molecule has 2 rings (SSSR count). The van der Waals surface area contributed by atoms with E-state index in [-0.39, 0.29) is 0 Å². The van der Waals surface area contributed by atoms with Gasteiger partial charge in [-0.25, -0.2) is 0 Å². The fourth-order valence-corrected chi connectivity index (χ4v) is 3.35. The van der Waals surface area contributed by atoms with Crippen molar-refractivity contribution < 1.29 is 4.74 Å². The van der Waals surface area contributed by atoms with Gasteiger partial charge in [0.25, 0.3) is 0 Å². The van der Waals surface area contributed by atoms with E-state index in [4.69, 9.17) is 10.5 Å². The monoisotopic (exact) mass is 240 g/mol. The third kappa shape index (κ3) is 3.67. The van der Waals surface area contributed by atoms with Crippen LogP contribution in [-0.2, 0) is 4.74 Å². The Hall–Kier alpha value is -0.120. The highest BCUT2D eigenvalue weighted by Gasteiger charge is 2.38. The van der Waals surface area contributed by atoms with E-state index in [1.54, 1.807) is 0 Å². The lowest BCUT2D eigenvalue weighted by atomic mass is 9.98. The average molecular weight is 240 g/mol. The van der Waals surface area contributed by atoms with Gasteiger partial charge in [-0.2, -0.15) is 0 Å². The first-order valence-electron chi connectivity index (χ1n) is 7.26. The summed E-state index contributed by atoms with van der Waals surface area (Å²) < 4.78 is 5.65. The van der Waals surface area contributed by atoms with Crippen molar-refractivity contribution in [3.05, 3.63) is 0 Å². The molecule has 2 fully saturated rings. The molecule has 100 valence electrons. The minimum absolute atomic E-state index is 0.459. The van der Waals surface area contributed by atoms with E-state index in [0.717, 1.165) is 25.3 Å². The third-order valence-electron chi connectivity index (χ3n) is 4.08. The van der Waals surface area contributed by atoms with Gasteiger partial charge in [0.2, 0.25) is 0 Å². The number of ether oxygens (including phenoxy) is 1. The van der Waals surface area contributed by atoms with E-state index < -0.39 is 0 Å². The van der Waals surface area contributed by atoms with E-state index >= 15 is 0 Å². The van der Waals surface area contributed by atoms with Gasteiger partial charge in [0.15, 0.2) is 0 Å². The largest absolute Gasteiger partial charge is 0.381 e. The van der Waals surface area contributed by atoms with Crippen LogP contribution in [0.15, 0.2) is 0 Å². The van der Waals surface area contributed by atoms with Crippen LogP contribution >= 0.6 is 0 Å². The standard InChI is InChI=1S/C14H28N2O/c1-11(2)10-17-7-3-6-16-13-4-5-14(16)9-12(15)8-13/h11-14H,3-10,15H2,1-2H3. The maximum Gasteiger partial charge on any atom is 0.0489 e. The Morgan fingerprint density at radius 1 is 1.24 bits per heavy atom. The maximum absolute atomic E-state index is 6.08. The summed E-state index contributed by atoms with van der Waals surface area (Å²) in [5.41, 5.74) is 6.08. The number of nitrogens with two attached hydrogens (primary N) is 1. The molecule has 0 aromatic carbocycles. The molecule has 17 heavy (non-hydrogen) atoms. The molecule has 2 unspecified atom stereocenters. The second-order valence-corrected chi connectivity index (χ2v) is 6.18. The SMILES string of the molecule is CC(C)COCCCN1C2CCC1CC(N)C2. The van der Waals surface area contributed by atoms with Crippen molar-refractivity contribution in [1.82, 2.24) is 4.90 Å². The topological polar surface area (TPSA) is 38.5 Å². The molecule has 2 aliphatic heterocycles. The average Bonchev–Trinajstić information content (AvgIpc) is 2.51. The van der Waals surface area contributed by atoms with Gasteiger partial charge in [0.05, 0.1) is 0 Å². The van der Waals surface area contributed by atoms with Gasteiger partial charge >= 0.3 is 0 Å². The third-order valence-corrected chi connectivity index (χ3v) is 4.08. The van der Waals surface area contributed by atoms with Crippen LogP contribution in [0.25, 0.3) is 0 Å².